The summed E-state index contributed by atoms with van der Waals surface area (Å²) in [5, 5.41) is 8.61. The number of hydrogen-bond donors (Lipinski definition) is 2. The van der Waals surface area contributed by atoms with Gasteiger partial charge >= 0.3 is 0 Å². The van der Waals surface area contributed by atoms with Crippen LogP contribution >= 0.6 is 15.9 Å². The van der Waals surface area contributed by atoms with Crippen molar-refractivity contribution in [2.24, 2.45) is 0 Å². The van der Waals surface area contributed by atoms with Crippen LogP contribution < -0.4 is 4.72 Å². The third kappa shape index (κ3) is 5.06. The summed E-state index contributed by atoms with van der Waals surface area (Å²) in [6.45, 7) is 0.623. The highest BCUT2D eigenvalue weighted by Gasteiger charge is 2.15. The molecule has 1 aromatic rings. The zero-order valence-electron chi connectivity index (χ0n) is 10.1. The van der Waals surface area contributed by atoms with Crippen LogP contribution in [0.5, 0.6) is 0 Å². The first-order chi connectivity index (χ1) is 8.58. The number of nitrogens with one attached hydrogen (secondary N) is 1. The molecule has 0 fully saturated rings. The lowest BCUT2D eigenvalue weighted by molar-refractivity contribution is 0.282. The molecule has 0 saturated heterocycles. The van der Waals surface area contributed by atoms with Crippen molar-refractivity contribution in [1.82, 2.24) is 4.72 Å². The van der Waals surface area contributed by atoms with Gasteiger partial charge in [-0.05, 0) is 40.9 Å². The van der Waals surface area contributed by atoms with Crippen molar-refractivity contribution in [3.63, 3.8) is 0 Å². The van der Waals surface area contributed by atoms with E-state index in [4.69, 9.17) is 5.11 Å². The Morgan fingerprint density at radius 2 is 1.78 bits per heavy atom. The molecule has 0 heterocycles. The van der Waals surface area contributed by atoms with Gasteiger partial charge in [0.2, 0.25) is 10.0 Å². The number of aliphatic hydroxyl groups is 1. The summed E-state index contributed by atoms with van der Waals surface area (Å²) in [7, 11) is -3.43. The van der Waals surface area contributed by atoms with Crippen LogP contribution in [0.1, 0.15) is 25.7 Å². The average molecular weight is 336 g/mol. The molecule has 0 amide bonds. The second-order valence-corrected chi connectivity index (χ2v) is 6.56. The molecule has 1 rings (SSSR count). The minimum absolute atomic E-state index is 0.197. The number of unbranched alkanes of at least 4 members (excludes halogenated alkanes) is 3. The quantitative estimate of drug-likeness (QED) is 0.716. The normalized spacial score (nSPS) is 11.7. The van der Waals surface area contributed by atoms with Crippen molar-refractivity contribution in [3.8, 4) is 0 Å². The van der Waals surface area contributed by atoms with E-state index < -0.39 is 10.0 Å². The fraction of sp³-hybridized carbons (Fsp3) is 0.500. The molecule has 18 heavy (non-hydrogen) atoms. The van der Waals surface area contributed by atoms with Crippen LogP contribution in [-0.2, 0) is 10.0 Å². The number of hydrogen-bond acceptors (Lipinski definition) is 3. The van der Waals surface area contributed by atoms with E-state index in [-0.39, 0.29) is 11.5 Å². The molecule has 2 N–H and O–H groups in total. The third-order valence-corrected chi connectivity index (χ3v) is 4.98. The molecular formula is C12H18BrNO3S. The molecule has 0 radical (unpaired) electrons. The summed E-state index contributed by atoms with van der Waals surface area (Å²) >= 11 is 3.23. The SMILES string of the molecule is O=S(=O)(NCCCCCCO)c1ccccc1Br. The number of rotatable bonds is 8. The lowest BCUT2D eigenvalue weighted by Crippen LogP contribution is -2.25. The molecule has 102 valence electrons. The molecule has 1 aromatic carbocycles. The van der Waals surface area contributed by atoms with Gasteiger partial charge < -0.3 is 5.11 Å². The predicted octanol–water partition coefficient (Wildman–Crippen LogP) is 2.28. The summed E-state index contributed by atoms with van der Waals surface area (Å²) in [5.74, 6) is 0. The third-order valence-electron chi connectivity index (χ3n) is 2.50. The summed E-state index contributed by atoms with van der Waals surface area (Å²) < 4.78 is 27.1. The summed E-state index contributed by atoms with van der Waals surface area (Å²) in [6, 6.07) is 6.74. The largest absolute Gasteiger partial charge is 0.396 e. The smallest absolute Gasteiger partial charge is 0.241 e. The minimum atomic E-state index is -3.43. The van der Waals surface area contributed by atoms with Crippen molar-refractivity contribution in [2.45, 2.75) is 30.6 Å². The molecule has 0 atom stereocenters. The van der Waals surface area contributed by atoms with Gasteiger partial charge in [-0.25, -0.2) is 13.1 Å². The summed E-state index contributed by atoms with van der Waals surface area (Å²) in [5.41, 5.74) is 0. The van der Waals surface area contributed by atoms with Gasteiger partial charge in [0, 0.05) is 17.6 Å². The van der Waals surface area contributed by atoms with Gasteiger partial charge in [0.1, 0.15) is 0 Å². The molecule has 6 heteroatoms. The van der Waals surface area contributed by atoms with Crippen LogP contribution in [0.2, 0.25) is 0 Å². The van der Waals surface area contributed by atoms with Gasteiger partial charge in [0.25, 0.3) is 0 Å². The Morgan fingerprint density at radius 3 is 2.44 bits per heavy atom. The first-order valence-electron chi connectivity index (χ1n) is 5.93. The van der Waals surface area contributed by atoms with Gasteiger partial charge in [0.15, 0.2) is 0 Å². The second-order valence-electron chi connectivity index (χ2n) is 3.97. The number of aliphatic hydroxyl groups excluding tert-OH is 1. The molecule has 0 aliphatic carbocycles. The molecule has 4 nitrogen and oxygen atoms in total. The molecule has 0 bridgehead atoms. The Bertz CT molecular complexity index is 462. The summed E-state index contributed by atoms with van der Waals surface area (Å²) in [4.78, 5) is 0.264. The van der Waals surface area contributed by atoms with Crippen molar-refractivity contribution >= 4 is 26.0 Å². The van der Waals surface area contributed by atoms with E-state index in [1.54, 1.807) is 24.3 Å². The van der Waals surface area contributed by atoms with Gasteiger partial charge in [0.05, 0.1) is 4.90 Å². The maximum Gasteiger partial charge on any atom is 0.241 e. The van der Waals surface area contributed by atoms with E-state index in [9.17, 15) is 8.42 Å². The average Bonchev–Trinajstić information content (AvgIpc) is 2.34. The number of benzene rings is 1. The first kappa shape index (κ1) is 15.6. The fourth-order valence-corrected chi connectivity index (χ4v) is 3.61. The Hall–Kier alpha value is -0.430. The van der Waals surface area contributed by atoms with Crippen molar-refractivity contribution < 1.29 is 13.5 Å². The van der Waals surface area contributed by atoms with E-state index >= 15 is 0 Å². The van der Waals surface area contributed by atoms with Crippen LogP contribution in [0, 0.1) is 0 Å². The van der Waals surface area contributed by atoms with Crippen LogP contribution in [0.25, 0.3) is 0 Å². The molecular weight excluding hydrogens is 318 g/mol. The Balaban J connectivity index is 2.44. The molecule has 0 saturated carbocycles. The number of halogens is 1. The molecule has 0 aliphatic rings. The van der Waals surface area contributed by atoms with E-state index in [0.29, 0.717) is 11.0 Å². The highest BCUT2D eigenvalue weighted by molar-refractivity contribution is 9.10. The maximum atomic E-state index is 12.0. The van der Waals surface area contributed by atoms with E-state index in [1.807, 2.05) is 0 Å². The standard InChI is InChI=1S/C12H18BrNO3S/c13-11-7-3-4-8-12(11)18(16,17)14-9-5-1-2-6-10-15/h3-4,7-8,14-15H,1-2,5-6,9-10H2. The predicted molar refractivity (Wildman–Crippen MR) is 74.9 cm³/mol. The van der Waals surface area contributed by atoms with Crippen molar-refractivity contribution in [1.29, 1.82) is 0 Å². The Morgan fingerprint density at radius 1 is 1.11 bits per heavy atom. The van der Waals surface area contributed by atoms with Crippen LogP contribution in [0.15, 0.2) is 33.6 Å². The lowest BCUT2D eigenvalue weighted by atomic mass is 10.2. The van der Waals surface area contributed by atoms with Crippen LogP contribution in [0.3, 0.4) is 0 Å². The molecule has 0 unspecified atom stereocenters. The van der Waals surface area contributed by atoms with E-state index in [0.717, 1.165) is 25.7 Å². The molecule has 0 aliphatic heterocycles. The highest BCUT2D eigenvalue weighted by Crippen LogP contribution is 2.20. The highest BCUT2D eigenvalue weighted by atomic mass is 79.9. The zero-order chi connectivity index (χ0) is 13.4. The topological polar surface area (TPSA) is 66.4 Å². The van der Waals surface area contributed by atoms with Gasteiger partial charge in [-0.15, -0.1) is 0 Å². The summed E-state index contributed by atoms with van der Waals surface area (Å²) in [6.07, 6.45) is 3.40. The van der Waals surface area contributed by atoms with Crippen molar-refractivity contribution in [2.75, 3.05) is 13.2 Å². The van der Waals surface area contributed by atoms with Gasteiger partial charge in [-0.2, -0.15) is 0 Å². The first-order valence-corrected chi connectivity index (χ1v) is 8.20. The zero-order valence-corrected chi connectivity index (χ0v) is 12.5. The van der Waals surface area contributed by atoms with Crippen LogP contribution in [0.4, 0.5) is 0 Å². The molecule has 0 aromatic heterocycles. The second kappa shape index (κ2) is 7.89. The number of sulfonamides is 1. The van der Waals surface area contributed by atoms with E-state index in [1.165, 1.54) is 0 Å². The van der Waals surface area contributed by atoms with Gasteiger partial charge in [-0.3, -0.25) is 0 Å². The Kier molecular flexibility index (Phi) is 6.85. The monoisotopic (exact) mass is 335 g/mol. The van der Waals surface area contributed by atoms with Crippen molar-refractivity contribution in [3.05, 3.63) is 28.7 Å². The minimum Gasteiger partial charge on any atom is -0.396 e. The lowest BCUT2D eigenvalue weighted by Gasteiger charge is -2.08. The van der Waals surface area contributed by atoms with Crippen LogP contribution in [-0.4, -0.2) is 26.7 Å². The fourth-order valence-electron chi connectivity index (χ4n) is 1.54. The van der Waals surface area contributed by atoms with E-state index in [2.05, 4.69) is 20.7 Å². The molecule has 0 spiro atoms. The van der Waals surface area contributed by atoms with Gasteiger partial charge in [-0.1, -0.05) is 25.0 Å². The maximum absolute atomic E-state index is 12.0. The Labute approximate surface area is 117 Å².